The number of carbonyl (C=O) groups is 1. The number of hydrogen-bond donors (Lipinski definition) is 2. The molecule has 4 saturated carbocycles. The standard InChI is InChI=1S/C19H22Cl2N2OS/c20-15-2-1-14(6-16(15)21)22-18(25)23-17(24)10-19-7-11-3-12(8-19)5-13(4-11)9-19/h1-2,6,11-13H,3-5,7-10H2,(H2,22,23,24,25). The van der Waals surface area contributed by atoms with Crippen LogP contribution in [0.1, 0.15) is 44.9 Å². The van der Waals surface area contributed by atoms with E-state index in [0.717, 1.165) is 23.4 Å². The maximum absolute atomic E-state index is 12.6. The number of nitrogens with one attached hydrogen (secondary N) is 2. The maximum atomic E-state index is 12.6. The molecular formula is C19H22Cl2N2OS. The van der Waals surface area contributed by atoms with Crippen molar-refractivity contribution in [3.8, 4) is 0 Å². The summed E-state index contributed by atoms with van der Waals surface area (Å²) < 4.78 is 0. The summed E-state index contributed by atoms with van der Waals surface area (Å²) >= 11 is 17.2. The number of halogens is 2. The van der Waals surface area contributed by atoms with E-state index in [4.69, 9.17) is 35.4 Å². The number of rotatable bonds is 3. The first-order valence-corrected chi connectivity index (χ1v) is 10.1. The van der Waals surface area contributed by atoms with Gasteiger partial charge in [-0.15, -0.1) is 0 Å². The minimum atomic E-state index is 0.0273. The average Bonchev–Trinajstić information content (AvgIpc) is 2.48. The SMILES string of the molecule is O=C(CC12CC3CC(CC(C3)C1)C2)NC(=S)Nc1ccc(Cl)c(Cl)c1. The van der Waals surface area contributed by atoms with Gasteiger partial charge in [-0.1, -0.05) is 23.2 Å². The van der Waals surface area contributed by atoms with Crippen LogP contribution in [0, 0.1) is 23.2 Å². The number of carbonyl (C=O) groups excluding carboxylic acids is 1. The number of benzene rings is 1. The van der Waals surface area contributed by atoms with Gasteiger partial charge in [0.25, 0.3) is 0 Å². The third-order valence-electron chi connectivity index (χ3n) is 6.13. The minimum absolute atomic E-state index is 0.0273. The van der Waals surface area contributed by atoms with Gasteiger partial charge in [0, 0.05) is 12.1 Å². The van der Waals surface area contributed by atoms with Crippen LogP contribution in [0.25, 0.3) is 0 Å². The molecular weight excluding hydrogens is 375 g/mol. The number of anilines is 1. The summed E-state index contributed by atoms with van der Waals surface area (Å²) in [4.78, 5) is 12.6. The van der Waals surface area contributed by atoms with Gasteiger partial charge in [0.2, 0.25) is 5.91 Å². The molecule has 1 amide bonds. The number of thiocarbonyl (C=S) groups is 1. The molecule has 134 valence electrons. The van der Waals surface area contributed by atoms with Gasteiger partial charge in [0.1, 0.15) is 0 Å². The van der Waals surface area contributed by atoms with Gasteiger partial charge in [-0.25, -0.2) is 0 Å². The van der Waals surface area contributed by atoms with Crippen LogP contribution in [0.5, 0.6) is 0 Å². The van der Waals surface area contributed by atoms with E-state index in [0.29, 0.717) is 21.6 Å². The van der Waals surface area contributed by atoms with Crippen LogP contribution in [-0.4, -0.2) is 11.0 Å². The quantitative estimate of drug-likeness (QED) is 0.670. The van der Waals surface area contributed by atoms with E-state index < -0.39 is 0 Å². The van der Waals surface area contributed by atoms with Crippen molar-refractivity contribution in [3.63, 3.8) is 0 Å². The molecule has 1 aromatic carbocycles. The Labute approximate surface area is 163 Å². The van der Waals surface area contributed by atoms with Crippen LogP contribution < -0.4 is 10.6 Å². The summed E-state index contributed by atoms with van der Waals surface area (Å²) in [6.07, 6.45) is 8.42. The van der Waals surface area contributed by atoms with E-state index in [1.807, 2.05) is 0 Å². The van der Waals surface area contributed by atoms with Crippen LogP contribution in [0.4, 0.5) is 5.69 Å². The van der Waals surface area contributed by atoms with Crippen molar-refractivity contribution in [2.24, 2.45) is 23.2 Å². The van der Waals surface area contributed by atoms with Gasteiger partial charge in [0.05, 0.1) is 10.0 Å². The van der Waals surface area contributed by atoms with Crippen LogP contribution in [0.15, 0.2) is 18.2 Å². The summed E-state index contributed by atoms with van der Waals surface area (Å²) in [6, 6.07) is 5.18. The summed E-state index contributed by atoms with van der Waals surface area (Å²) in [6.45, 7) is 0. The molecule has 1 aromatic rings. The van der Waals surface area contributed by atoms with Crippen molar-refractivity contribution >= 4 is 52.1 Å². The van der Waals surface area contributed by atoms with Gasteiger partial charge in [0.15, 0.2) is 5.11 Å². The maximum Gasteiger partial charge on any atom is 0.226 e. The highest BCUT2D eigenvalue weighted by atomic mass is 35.5. The monoisotopic (exact) mass is 396 g/mol. The first-order chi connectivity index (χ1) is 11.9. The summed E-state index contributed by atoms with van der Waals surface area (Å²) in [5.41, 5.74) is 0.937. The molecule has 0 aromatic heterocycles. The molecule has 25 heavy (non-hydrogen) atoms. The molecule has 0 heterocycles. The van der Waals surface area contributed by atoms with Crippen molar-refractivity contribution in [3.05, 3.63) is 28.2 Å². The van der Waals surface area contributed by atoms with E-state index in [-0.39, 0.29) is 11.3 Å². The Bertz CT molecular complexity index is 686. The summed E-state index contributed by atoms with van der Waals surface area (Å²) in [5, 5.41) is 7.10. The van der Waals surface area contributed by atoms with E-state index in [1.54, 1.807) is 18.2 Å². The molecule has 0 atom stereocenters. The zero-order valence-corrected chi connectivity index (χ0v) is 16.3. The van der Waals surface area contributed by atoms with Crippen molar-refractivity contribution in [2.45, 2.75) is 44.9 Å². The van der Waals surface area contributed by atoms with Crippen molar-refractivity contribution < 1.29 is 4.79 Å². The second-order valence-electron chi connectivity index (χ2n) is 8.23. The summed E-state index contributed by atoms with van der Waals surface area (Å²) in [5.74, 6) is 2.57. The number of hydrogen-bond acceptors (Lipinski definition) is 2. The van der Waals surface area contributed by atoms with Crippen molar-refractivity contribution in [1.82, 2.24) is 5.32 Å². The predicted molar refractivity (Wildman–Crippen MR) is 106 cm³/mol. The van der Waals surface area contributed by atoms with Crippen LogP contribution in [0.3, 0.4) is 0 Å². The Morgan fingerprint density at radius 1 is 1.08 bits per heavy atom. The first kappa shape index (κ1) is 17.6. The fraction of sp³-hybridized carbons (Fsp3) is 0.579. The molecule has 4 aliphatic rings. The Kier molecular flexibility index (Phi) is 4.72. The second kappa shape index (κ2) is 6.71. The fourth-order valence-electron chi connectivity index (χ4n) is 5.75. The zero-order valence-electron chi connectivity index (χ0n) is 14.0. The molecule has 0 radical (unpaired) electrons. The lowest BCUT2D eigenvalue weighted by atomic mass is 9.49. The lowest BCUT2D eigenvalue weighted by Gasteiger charge is -2.56. The van der Waals surface area contributed by atoms with Crippen LogP contribution in [0.2, 0.25) is 10.0 Å². The average molecular weight is 397 g/mol. The zero-order chi connectivity index (χ0) is 17.6. The van der Waals surface area contributed by atoms with Crippen LogP contribution in [-0.2, 0) is 4.79 Å². The van der Waals surface area contributed by atoms with Crippen LogP contribution >= 0.6 is 35.4 Å². The first-order valence-electron chi connectivity index (χ1n) is 8.97. The molecule has 0 spiro atoms. The fourth-order valence-corrected chi connectivity index (χ4v) is 6.28. The molecule has 4 aliphatic carbocycles. The van der Waals surface area contributed by atoms with Gasteiger partial charge >= 0.3 is 0 Å². The lowest BCUT2D eigenvalue weighted by molar-refractivity contribution is -0.127. The molecule has 0 saturated heterocycles. The van der Waals surface area contributed by atoms with Gasteiger partial charge < -0.3 is 10.6 Å². The third kappa shape index (κ3) is 3.81. The number of amides is 1. The molecule has 4 fully saturated rings. The third-order valence-corrected chi connectivity index (χ3v) is 7.07. The molecule has 0 aliphatic heterocycles. The van der Waals surface area contributed by atoms with Crippen molar-refractivity contribution in [1.29, 1.82) is 0 Å². The molecule has 3 nitrogen and oxygen atoms in total. The van der Waals surface area contributed by atoms with E-state index >= 15 is 0 Å². The minimum Gasteiger partial charge on any atom is -0.332 e. The Morgan fingerprint density at radius 2 is 1.68 bits per heavy atom. The van der Waals surface area contributed by atoms with Gasteiger partial charge in [-0.3, -0.25) is 4.79 Å². The Balaban J connectivity index is 1.34. The largest absolute Gasteiger partial charge is 0.332 e. The topological polar surface area (TPSA) is 41.1 Å². The highest BCUT2D eigenvalue weighted by Gasteiger charge is 2.51. The normalized spacial score (nSPS) is 32.5. The van der Waals surface area contributed by atoms with Gasteiger partial charge in [-0.05, 0) is 92.1 Å². The van der Waals surface area contributed by atoms with Gasteiger partial charge in [-0.2, -0.15) is 0 Å². The van der Waals surface area contributed by atoms with E-state index in [1.165, 1.54) is 38.5 Å². The molecule has 4 bridgehead atoms. The summed E-state index contributed by atoms with van der Waals surface area (Å²) in [7, 11) is 0. The van der Waals surface area contributed by atoms with Crippen molar-refractivity contribution in [2.75, 3.05) is 5.32 Å². The highest BCUT2D eigenvalue weighted by molar-refractivity contribution is 7.80. The molecule has 2 N–H and O–H groups in total. The van der Waals surface area contributed by atoms with E-state index in [9.17, 15) is 4.79 Å². The van der Waals surface area contributed by atoms with E-state index in [2.05, 4.69) is 10.6 Å². The predicted octanol–water partition coefficient (Wildman–Crippen LogP) is 5.41. The Hall–Kier alpha value is -0.840. The smallest absolute Gasteiger partial charge is 0.226 e. The molecule has 0 unspecified atom stereocenters. The Morgan fingerprint density at radius 3 is 2.24 bits per heavy atom. The second-order valence-corrected chi connectivity index (χ2v) is 9.45. The lowest BCUT2D eigenvalue weighted by Crippen LogP contribution is -2.48. The highest BCUT2D eigenvalue weighted by Crippen LogP contribution is 2.61. The molecule has 6 heteroatoms. The molecule has 5 rings (SSSR count).